The van der Waals surface area contributed by atoms with Crippen molar-refractivity contribution in [3.63, 3.8) is 0 Å². The topological polar surface area (TPSA) is 46.5 Å². The molecular formula is C7H14O3. The van der Waals surface area contributed by atoms with E-state index in [1.165, 1.54) is 0 Å². The van der Waals surface area contributed by atoms with E-state index in [9.17, 15) is 4.79 Å². The zero-order chi connectivity index (χ0) is 8.41. The fraction of sp³-hybridized carbons (Fsp3) is 0.571. The molecule has 0 heterocycles. The highest BCUT2D eigenvalue weighted by Crippen LogP contribution is 1.81. The maximum absolute atomic E-state index is 10.1. The fourth-order valence-corrected chi connectivity index (χ4v) is 0.176. The van der Waals surface area contributed by atoms with Crippen LogP contribution < -0.4 is 0 Å². The first kappa shape index (κ1) is 11.9. The molecule has 0 bridgehead atoms. The fourth-order valence-electron chi connectivity index (χ4n) is 0.176. The van der Waals surface area contributed by atoms with Crippen LogP contribution >= 0.6 is 0 Å². The van der Waals surface area contributed by atoms with E-state index in [-0.39, 0.29) is 12.6 Å². The second-order valence-corrected chi connectivity index (χ2v) is 1.33. The molecule has 10 heavy (non-hydrogen) atoms. The molecule has 0 aliphatic carbocycles. The molecule has 0 fully saturated rings. The van der Waals surface area contributed by atoms with Crippen LogP contribution in [0, 0.1) is 0 Å². The van der Waals surface area contributed by atoms with Crippen LogP contribution in [0.4, 0.5) is 0 Å². The van der Waals surface area contributed by atoms with Crippen molar-refractivity contribution in [1.82, 2.24) is 0 Å². The molecule has 3 heteroatoms. The molecule has 0 atom stereocenters. The number of aliphatic hydroxyl groups is 1. The molecule has 0 aliphatic heterocycles. The van der Waals surface area contributed by atoms with Gasteiger partial charge in [-0.25, -0.2) is 0 Å². The molecule has 60 valence electrons. The number of esters is 1. The zero-order valence-corrected chi connectivity index (χ0v) is 6.46. The lowest BCUT2D eigenvalue weighted by molar-refractivity contribution is -0.137. The Kier molecular flexibility index (Phi) is 13.1. The van der Waals surface area contributed by atoms with E-state index >= 15 is 0 Å². The van der Waals surface area contributed by atoms with E-state index in [0.29, 0.717) is 6.42 Å². The minimum Gasteiger partial charge on any atom is -0.435 e. The molecule has 0 aliphatic rings. The summed E-state index contributed by atoms with van der Waals surface area (Å²) in [7, 11) is 0. The van der Waals surface area contributed by atoms with Gasteiger partial charge in [-0.2, -0.15) is 0 Å². The van der Waals surface area contributed by atoms with Crippen molar-refractivity contribution >= 4 is 5.97 Å². The maximum atomic E-state index is 10.1. The van der Waals surface area contributed by atoms with Gasteiger partial charge in [0.15, 0.2) is 0 Å². The zero-order valence-electron chi connectivity index (χ0n) is 6.46. The van der Waals surface area contributed by atoms with Crippen molar-refractivity contribution in [3.05, 3.63) is 12.8 Å². The highest BCUT2D eigenvalue weighted by atomic mass is 16.5. The van der Waals surface area contributed by atoms with Gasteiger partial charge in [-0.1, -0.05) is 13.5 Å². The Hall–Kier alpha value is -0.830. The summed E-state index contributed by atoms with van der Waals surface area (Å²) in [5.74, 6) is -0.241. The quantitative estimate of drug-likeness (QED) is 0.468. The van der Waals surface area contributed by atoms with Crippen molar-refractivity contribution < 1.29 is 14.6 Å². The lowest BCUT2D eigenvalue weighted by Gasteiger charge is -1.88. The number of hydrogen-bond donors (Lipinski definition) is 1. The number of ether oxygens (including phenoxy) is 1. The predicted molar refractivity (Wildman–Crippen MR) is 39.3 cm³/mol. The van der Waals surface area contributed by atoms with Crippen molar-refractivity contribution in [2.24, 2.45) is 0 Å². The van der Waals surface area contributed by atoms with E-state index in [0.717, 1.165) is 6.26 Å². The molecule has 0 aromatic rings. The lowest BCUT2D eigenvalue weighted by atomic mass is 10.5. The van der Waals surface area contributed by atoms with Crippen LogP contribution in [0.2, 0.25) is 0 Å². The Morgan fingerprint density at radius 2 is 2.10 bits per heavy atom. The van der Waals surface area contributed by atoms with E-state index in [4.69, 9.17) is 5.11 Å². The normalized spacial score (nSPS) is 7.10. The van der Waals surface area contributed by atoms with Crippen LogP contribution in [-0.2, 0) is 9.53 Å². The lowest BCUT2D eigenvalue weighted by Crippen LogP contribution is -1.94. The summed E-state index contributed by atoms with van der Waals surface area (Å²) in [6, 6.07) is 0. The molecule has 0 unspecified atom stereocenters. The van der Waals surface area contributed by atoms with Crippen molar-refractivity contribution in [1.29, 1.82) is 0 Å². The molecule has 3 nitrogen and oxygen atoms in total. The van der Waals surface area contributed by atoms with E-state index < -0.39 is 0 Å². The van der Waals surface area contributed by atoms with Gasteiger partial charge in [-0.05, 0) is 6.92 Å². The smallest absolute Gasteiger partial charge is 0.310 e. The number of carbonyl (C=O) groups excluding carboxylic acids is 1. The molecule has 0 radical (unpaired) electrons. The molecule has 0 rings (SSSR count). The van der Waals surface area contributed by atoms with Gasteiger partial charge in [0.25, 0.3) is 0 Å². The second kappa shape index (κ2) is 11.0. The number of aliphatic hydroxyl groups excluding tert-OH is 1. The Labute approximate surface area is 61.3 Å². The highest BCUT2D eigenvalue weighted by molar-refractivity contribution is 5.69. The Morgan fingerprint density at radius 3 is 2.20 bits per heavy atom. The van der Waals surface area contributed by atoms with Crippen LogP contribution in [-0.4, -0.2) is 17.7 Å². The van der Waals surface area contributed by atoms with Crippen LogP contribution in [0.5, 0.6) is 0 Å². The molecule has 0 spiro atoms. The average Bonchev–Trinajstić information content (AvgIpc) is 1.90. The first-order valence-electron chi connectivity index (χ1n) is 3.14. The summed E-state index contributed by atoms with van der Waals surface area (Å²) < 4.78 is 4.32. The van der Waals surface area contributed by atoms with Crippen LogP contribution in [0.25, 0.3) is 0 Å². The summed E-state index contributed by atoms with van der Waals surface area (Å²) in [6.07, 6.45) is 1.54. The largest absolute Gasteiger partial charge is 0.435 e. The number of carbonyl (C=O) groups is 1. The van der Waals surface area contributed by atoms with Gasteiger partial charge in [-0.15, -0.1) is 0 Å². The average molecular weight is 146 g/mol. The van der Waals surface area contributed by atoms with Crippen molar-refractivity contribution in [2.75, 3.05) is 6.61 Å². The van der Waals surface area contributed by atoms with Crippen molar-refractivity contribution in [3.8, 4) is 0 Å². The molecule has 0 saturated heterocycles. The summed E-state index contributed by atoms with van der Waals surface area (Å²) in [4.78, 5) is 10.1. The summed E-state index contributed by atoms with van der Waals surface area (Å²) in [6.45, 7) is 6.86. The van der Waals surface area contributed by atoms with Crippen LogP contribution in [0.3, 0.4) is 0 Å². The molecule has 0 amide bonds. The van der Waals surface area contributed by atoms with Gasteiger partial charge >= 0.3 is 5.97 Å². The third-order valence-corrected chi connectivity index (χ3v) is 0.503. The minimum atomic E-state index is -0.241. The van der Waals surface area contributed by atoms with Crippen molar-refractivity contribution in [2.45, 2.75) is 20.3 Å². The Bertz CT molecular complexity index is 88.9. The van der Waals surface area contributed by atoms with Gasteiger partial charge in [0.1, 0.15) is 0 Å². The third kappa shape index (κ3) is 15.7. The van der Waals surface area contributed by atoms with Gasteiger partial charge in [0.2, 0.25) is 0 Å². The van der Waals surface area contributed by atoms with Crippen LogP contribution in [0.1, 0.15) is 20.3 Å². The van der Waals surface area contributed by atoms with Gasteiger partial charge in [-0.3, -0.25) is 4.79 Å². The van der Waals surface area contributed by atoms with E-state index in [2.05, 4.69) is 11.3 Å². The summed E-state index contributed by atoms with van der Waals surface area (Å²) >= 11 is 0. The monoisotopic (exact) mass is 146 g/mol. The summed E-state index contributed by atoms with van der Waals surface area (Å²) in [5, 5.41) is 7.57. The van der Waals surface area contributed by atoms with Gasteiger partial charge in [0, 0.05) is 13.0 Å². The van der Waals surface area contributed by atoms with Crippen LogP contribution in [0.15, 0.2) is 12.8 Å². The Morgan fingerprint density at radius 1 is 1.70 bits per heavy atom. The van der Waals surface area contributed by atoms with E-state index in [1.54, 1.807) is 13.8 Å². The molecule has 0 aromatic carbocycles. The first-order valence-corrected chi connectivity index (χ1v) is 3.14. The SMILES string of the molecule is C=COC(=O)CC.CCO. The van der Waals surface area contributed by atoms with Gasteiger partial charge in [0.05, 0.1) is 6.26 Å². The standard InChI is InChI=1S/C5H8O2.C2H6O/c1-3-5(6)7-4-2;1-2-3/h4H,2-3H2,1H3;3H,2H2,1H3. The van der Waals surface area contributed by atoms with Gasteiger partial charge < -0.3 is 9.84 Å². The number of rotatable bonds is 2. The Balaban J connectivity index is 0. The second-order valence-electron chi connectivity index (χ2n) is 1.33. The molecular weight excluding hydrogens is 132 g/mol. The maximum Gasteiger partial charge on any atom is 0.310 e. The molecule has 1 N–H and O–H groups in total. The minimum absolute atomic E-state index is 0.241. The number of hydrogen-bond acceptors (Lipinski definition) is 3. The molecule has 0 saturated carbocycles. The molecule has 0 aromatic heterocycles. The highest BCUT2D eigenvalue weighted by Gasteiger charge is 1.89. The summed E-state index contributed by atoms with van der Waals surface area (Å²) in [5.41, 5.74) is 0. The van der Waals surface area contributed by atoms with E-state index in [1.807, 2.05) is 0 Å². The third-order valence-electron chi connectivity index (χ3n) is 0.503. The predicted octanol–water partition coefficient (Wildman–Crippen LogP) is 1.08. The first-order chi connectivity index (χ1) is 4.72.